The number of ether oxygens (including phenoxy) is 1. The van der Waals surface area contributed by atoms with Crippen LogP contribution in [0.2, 0.25) is 0 Å². The van der Waals surface area contributed by atoms with Crippen LogP contribution in [-0.2, 0) is 17.8 Å². The van der Waals surface area contributed by atoms with Gasteiger partial charge in [0.1, 0.15) is 5.76 Å². The maximum Gasteiger partial charge on any atom is 0.122 e. The summed E-state index contributed by atoms with van der Waals surface area (Å²) in [6.45, 7) is 14.3. The largest absolute Gasteiger partial charge is 0.468 e. The molecule has 4 heteroatoms. The van der Waals surface area contributed by atoms with Crippen LogP contribution in [-0.4, -0.2) is 36.7 Å². The molecule has 0 aliphatic rings. The number of likely N-dealkylation sites (N-methyl/N-ethyl adjacent to an activating group) is 1. The second kappa shape index (κ2) is 7.81. The molecule has 0 amide bonds. The summed E-state index contributed by atoms with van der Waals surface area (Å²) in [6, 6.07) is 2.45. The van der Waals surface area contributed by atoms with Gasteiger partial charge in [0.15, 0.2) is 0 Å². The first-order valence-corrected chi connectivity index (χ1v) is 7.40. The molecule has 1 unspecified atom stereocenters. The van der Waals surface area contributed by atoms with Crippen molar-refractivity contribution in [3.8, 4) is 0 Å². The van der Waals surface area contributed by atoms with E-state index in [1.54, 1.807) is 13.4 Å². The number of rotatable bonds is 8. The predicted molar refractivity (Wildman–Crippen MR) is 82.7 cm³/mol. The van der Waals surface area contributed by atoms with Gasteiger partial charge in [-0.3, -0.25) is 4.90 Å². The molecule has 4 nitrogen and oxygen atoms in total. The lowest BCUT2D eigenvalue weighted by molar-refractivity contribution is 0.0933. The second-order valence-electron chi connectivity index (χ2n) is 6.34. The van der Waals surface area contributed by atoms with Crippen molar-refractivity contribution in [1.82, 2.24) is 10.2 Å². The highest BCUT2D eigenvalue weighted by atomic mass is 16.5. The Kier molecular flexibility index (Phi) is 6.72. The molecule has 0 aliphatic carbocycles. The van der Waals surface area contributed by atoms with Gasteiger partial charge in [-0.25, -0.2) is 0 Å². The molecule has 0 bridgehead atoms. The third-order valence-corrected chi connectivity index (χ3v) is 3.43. The van der Waals surface area contributed by atoms with E-state index < -0.39 is 0 Å². The molecule has 1 atom stereocenters. The average Bonchev–Trinajstić information content (AvgIpc) is 2.80. The molecule has 0 spiro atoms. The van der Waals surface area contributed by atoms with Crippen molar-refractivity contribution in [2.75, 3.05) is 20.3 Å². The topological polar surface area (TPSA) is 37.6 Å². The Labute approximate surface area is 123 Å². The molecular weight excluding hydrogens is 252 g/mol. The van der Waals surface area contributed by atoms with Gasteiger partial charge in [0, 0.05) is 30.8 Å². The van der Waals surface area contributed by atoms with Crippen molar-refractivity contribution in [1.29, 1.82) is 0 Å². The fourth-order valence-corrected chi connectivity index (χ4v) is 2.13. The van der Waals surface area contributed by atoms with Crippen molar-refractivity contribution >= 4 is 0 Å². The fourth-order valence-electron chi connectivity index (χ4n) is 2.13. The lowest BCUT2D eigenvalue weighted by atomic mass is 10.1. The summed E-state index contributed by atoms with van der Waals surface area (Å²) in [6.07, 6.45) is 1.78. The van der Waals surface area contributed by atoms with Crippen molar-refractivity contribution < 1.29 is 9.15 Å². The Morgan fingerprint density at radius 2 is 2.10 bits per heavy atom. The highest BCUT2D eigenvalue weighted by molar-refractivity contribution is 5.17. The Balaban J connectivity index is 2.65. The maximum absolute atomic E-state index is 5.67. The van der Waals surface area contributed by atoms with E-state index in [4.69, 9.17) is 9.15 Å². The second-order valence-corrected chi connectivity index (χ2v) is 6.34. The molecule has 1 aromatic heterocycles. The highest BCUT2D eigenvalue weighted by Crippen LogP contribution is 2.16. The first-order chi connectivity index (χ1) is 9.37. The molecule has 1 rings (SSSR count). The normalized spacial score (nSPS) is 13.9. The van der Waals surface area contributed by atoms with Gasteiger partial charge in [-0.2, -0.15) is 0 Å². The third-order valence-electron chi connectivity index (χ3n) is 3.43. The van der Waals surface area contributed by atoms with E-state index in [0.717, 1.165) is 32.0 Å². The molecule has 0 aromatic carbocycles. The van der Waals surface area contributed by atoms with E-state index in [2.05, 4.69) is 50.9 Å². The Bertz CT molecular complexity index is 382. The van der Waals surface area contributed by atoms with E-state index in [1.165, 1.54) is 5.56 Å². The maximum atomic E-state index is 5.67. The SMILES string of the molecule is CCN(Cc1occc1CNC(C)(C)C)C(C)COC. The molecule has 20 heavy (non-hydrogen) atoms. The van der Waals surface area contributed by atoms with E-state index >= 15 is 0 Å². The smallest absolute Gasteiger partial charge is 0.122 e. The van der Waals surface area contributed by atoms with Crippen LogP contribution in [0.15, 0.2) is 16.7 Å². The summed E-state index contributed by atoms with van der Waals surface area (Å²) in [5.74, 6) is 1.05. The van der Waals surface area contributed by atoms with Crippen molar-refractivity contribution in [2.45, 2.75) is 59.3 Å². The number of methoxy groups -OCH3 is 1. The van der Waals surface area contributed by atoms with Crippen molar-refractivity contribution in [3.63, 3.8) is 0 Å². The number of nitrogens with zero attached hydrogens (tertiary/aromatic N) is 1. The molecule has 0 radical (unpaired) electrons. The van der Waals surface area contributed by atoms with Gasteiger partial charge < -0.3 is 14.5 Å². The zero-order valence-electron chi connectivity index (χ0n) is 13.8. The Morgan fingerprint density at radius 3 is 2.65 bits per heavy atom. The molecule has 1 aromatic rings. The molecular formula is C16H30N2O2. The molecule has 0 fully saturated rings. The lowest BCUT2D eigenvalue weighted by Crippen LogP contribution is -2.37. The standard InChI is InChI=1S/C16H30N2O2/c1-7-18(13(2)12-19-6)11-15-14(8-9-20-15)10-17-16(3,4)5/h8-9,13,17H,7,10-12H2,1-6H3. The van der Waals surface area contributed by atoms with Crippen molar-refractivity contribution in [2.24, 2.45) is 0 Å². The Morgan fingerprint density at radius 1 is 1.40 bits per heavy atom. The number of furan rings is 1. The highest BCUT2D eigenvalue weighted by Gasteiger charge is 2.17. The molecule has 1 N–H and O–H groups in total. The van der Waals surface area contributed by atoms with E-state index in [1.807, 2.05) is 0 Å². The summed E-state index contributed by atoms with van der Waals surface area (Å²) in [7, 11) is 1.75. The quantitative estimate of drug-likeness (QED) is 0.795. The summed E-state index contributed by atoms with van der Waals surface area (Å²) in [5, 5.41) is 3.51. The predicted octanol–water partition coefficient (Wildman–Crippen LogP) is 3.02. The first kappa shape index (κ1) is 17.2. The summed E-state index contributed by atoms with van der Waals surface area (Å²) >= 11 is 0. The van der Waals surface area contributed by atoms with Crippen LogP contribution in [0, 0.1) is 0 Å². The zero-order valence-corrected chi connectivity index (χ0v) is 13.8. The average molecular weight is 282 g/mol. The van der Waals surface area contributed by atoms with Crippen molar-refractivity contribution in [3.05, 3.63) is 23.7 Å². The van der Waals surface area contributed by atoms with E-state index in [9.17, 15) is 0 Å². The number of nitrogens with one attached hydrogen (secondary N) is 1. The van der Waals surface area contributed by atoms with Crippen LogP contribution in [0.1, 0.15) is 45.9 Å². The van der Waals surface area contributed by atoms with Crippen LogP contribution in [0.25, 0.3) is 0 Å². The number of hydrogen-bond acceptors (Lipinski definition) is 4. The Hall–Kier alpha value is -0.840. The monoisotopic (exact) mass is 282 g/mol. The van der Waals surface area contributed by atoms with Crippen LogP contribution < -0.4 is 5.32 Å². The van der Waals surface area contributed by atoms with Gasteiger partial charge in [-0.1, -0.05) is 6.92 Å². The minimum absolute atomic E-state index is 0.113. The lowest BCUT2D eigenvalue weighted by Gasteiger charge is -2.27. The van der Waals surface area contributed by atoms with Crippen LogP contribution in [0.3, 0.4) is 0 Å². The summed E-state index contributed by atoms with van der Waals surface area (Å²) in [5.41, 5.74) is 1.35. The van der Waals surface area contributed by atoms with E-state index in [-0.39, 0.29) is 5.54 Å². The summed E-state index contributed by atoms with van der Waals surface area (Å²) < 4.78 is 10.9. The molecule has 1 heterocycles. The molecule has 0 saturated carbocycles. The minimum atomic E-state index is 0.113. The number of hydrogen-bond donors (Lipinski definition) is 1. The molecule has 0 aliphatic heterocycles. The van der Waals surface area contributed by atoms with Crippen LogP contribution >= 0.6 is 0 Å². The summed E-state index contributed by atoms with van der Waals surface area (Å²) in [4.78, 5) is 2.36. The zero-order chi connectivity index (χ0) is 15.2. The van der Waals surface area contributed by atoms with Crippen LogP contribution in [0.5, 0.6) is 0 Å². The first-order valence-electron chi connectivity index (χ1n) is 7.40. The molecule has 0 saturated heterocycles. The molecule has 116 valence electrons. The van der Waals surface area contributed by atoms with Gasteiger partial charge in [-0.15, -0.1) is 0 Å². The van der Waals surface area contributed by atoms with E-state index in [0.29, 0.717) is 6.04 Å². The van der Waals surface area contributed by atoms with Gasteiger partial charge in [0.05, 0.1) is 19.4 Å². The van der Waals surface area contributed by atoms with Crippen LogP contribution in [0.4, 0.5) is 0 Å². The third kappa shape index (κ3) is 5.65. The van der Waals surface area contributed by atoms with Gasteiger partial charge >= 0.3 is 0 Å². The van der Waals surface area contributed by atoms with Gasteiger partial charge in [-0.05, 0) is 40.3 Å². The fraction of sp³-hybridized carbons (Fsp3) is 0.750. The van der Waals surface area contributed by atoms with Gasteiger partial charge in [0.25, 0.3) is 0 Å². The van der Waals surface area contributed by atoms with Gasteiger partial charge in [0.2, 0.25) is 0 Å². The minimum Gasteiger partial charge on any atom is -0.468 e.